The molecule has 0 radical (unpaired) electrons. The minimum absolute atomic E-state index is 0.131. The van der Waals surface area contributed by atoms with E-state index in [4.69, 9.17) is 5.26 Å². The number of halogens is 3. The van der Waals surface area contributed by atoms with Crippen LogP contribution in [0.4, 0.5) is 18.9 Å². The van der Waals surface area contributed by atoms with Gasteiger partial charge in [0.05, 0.1) is 33.6 Å². The molecule has 4 aromatic rings. The molecule has 1 aromatic heterocycles. The fourth-order valence-corrected chi connectivity index (χ4v) is 4.92. The van der Waals surface area contributed by atoms with Crippen LogP contribution in [0.25, 0.3) is 22.5 Å². The molecule has 39 heavy (non-hydrogen) atoms. The molecule has 0 spiro atoms. The summed E-state index contributed by atoms with van der Waals surface area (Å²) in [6, 6.07) is 20.5. The monoisotopic (exact) mass is 550 g/mol. The number of benzene rings is 3. The van der Waals surface area contributed by atoms with Gasteiger partial charge in [-0.2, -0.15) is 18.4 Å². The van der Waals surface area contributed by atoms with E-state index in [0.717, 1.165) is 18.0 Å². The molecule has 1 aliphatic heterocycles. The van der Waals surface area contributed by atoms with Crippen molar-refractivity contribution < 1.29 is 21.6 Å². The van der Waals surface area contributed by atoms with E-state index in [0.29, 0.717) is 33.8 Å². The number of aromatic nitrogens is 2. The number of hydrazine groups is 2. The number of hydrogen-bond donors (Lipinski definition) is 2. The highest BCUT2D eigenvalue weighted by molar-refractivity contribution is 7.90. The zero-order valence-corrected chi connectivity index (χ0v) is 21.5. The number of alkyl halides is 3. The van der Waals surface area contributed by atoms with E-state index in [9.17, 15) is 21.6 Å². The quantitative estimate of drug-likeness (QED) is 0.362. The van der Waals surface area contributed by atoms with Crippen LogP contribution < -0.4 is 16.0 Å². The van der Waals surface area contributed by atoms with Crippen LogP contribution in [0.2, 0.25) is 0 Å². The van der Waals surface area contributed by atoms with Gasteiger partial charge in [0.1, 0.15) is 5.82 Å². The molecule has 2 N–H and O–H groups in total. The van der Waals surface area contributed by atoms with Crippen LogP contribution in [0.1, 0.15) is 22.6 Å². The van der Waals surface area contributed by atoms with Gasteiger partial charge in [-0.05, 0) is 54.4 Å². The van der Waals surface area contributed by atoms with E-state index in [1.807, 2.05) is 0 Å². The van der Waals surface area contributed by atoms with E-state index in [2.05, 4.69) is 22.0 Å². The van der Waals surface area contributed by atoms with E-state index < -0.39 is 21.7 Å². The summed E-state index contributed by atoms with van der Waals surface area (Å²) in [7, 11) is -3.46. The van der Waals surface area contributed by atoms with Crippen molar-refractivity contribution in [3.05, 3.63) is 102 Å². The lowest BCUT2D eigenvalue weighted by atomic mass is 10.0. The number of rotatable bonds is 5. The predicted octanol–water partition coefficient (Wildman–Crippen LogP) is 4.97. The van der Waals surface area contributed by atoms with Crippen molar-refractivity contribution >= 4 is 21.2 Å². The molecular weight excluding hydrogens is 529 g/mol. The highest BCUT2D eigenvalue weighted by atomic mass is 32.2. The Labute approximate surface area is 222 Å². The lowest BCUT2D eigenvalue weighted by Gasteiger charge is -2.25. The van der Waals surface area contributed by atoms with Gasteiger partial charge in [0.25, 0.3) is 0 Å². The Morgan fingerprint density at radius 1 is 0.949 bits per heavy atom. The summed E-state index contributed by atoms with van der Waals surface area (Å²) < 4.78 is 66.1. The third-order valence-corrected chi connectivity index (χ3v) is 7.29. The second-order valence-electron chi connectivity index (χ2n) is 8.85. The van der Waals surface area contributed by atoms with Crippen molar-refractivity contribution in [3.63, 3.8) is 0 Å². The molecule has 5 rings (SSSR count). The lowest BCUT2D eigenvalue weighted by molar-refractivity contribution is -0.141. The van der Waals surface area contributed by atoms with Gasteiger partial charge in [-0.25, -0.2) is 13.4 Å². The van der Waals surface area contributed by atoms with Crippen LogP contribution in [-0.2, 0) is 16.0 Å². The van der Waals surface area contributed by atoms with Crippen molar-refractivity contribution in [2.24, 2.45) is 0 Å². The summed E-state index contributed by atoms with van der Waals surface area (Å²) in [5.41, 5.74) is 8.87. The molecule has 0 saturated carbocycles. The predicted molar refractivity (Wildman–Crippen MR) is 140 cm³/mol. The van der Waals surface area contributed by atoms with Crippen molar-refractivity contribution in [2.45, 2.75) is 18.0 Å². The number of nitriles is 1. The molecule has 0 fully saturated rings. The Kier molecular flexibility index (Phi) is 6.41. The molecule has 0 aliphatic carbocycles. The van der Waals surface area contributed by atoms with Crippen LogP contribution in [0.15, 0.2) is 84.0 Å². The molecule has 12 heteroatoms. The molecule has 0 unspecified atom stereocenters. The minimum Gasteiger partial charge on any atom is -0.309 e. The zero-order chi connectivity index (χ0) is 27.9. The number of imidazole rings is 1. The topological polar surface area (TPSA) is 103 Å². The van der Waals surface area contributed by atoms with E-state index >= 15 is 0 Å². The second kappa shape index (κ2) is 9.61. The Bertz CT molecular complexity index is 1750. The number of anilines is 1. The Morgan fingerprint density at radius 3 is 2.28 bits per heavy atom. The van der Waals surface area contributed by atoms with Gasteiger partial charge < -0.3 is 9.99 Å². The van der Waals surface area contributed by atoms with E-state index in [1.165, 1.54) is 17.6 Å². The largest absolute Gasteiger partial charge is 0.434 e. The molecular formula is C27H21F3N6O2S. The van der Waals surface area contributed by atoms with Gasteiger partial charge in [-0.3, -0.25) is 5.01 Å². The summed E-state index contributed by atoms with van der Waals surface area (Å²) >= 11 is 0. The normalized spacial score (nSPS) is 13.6. The Hall–Kier alpha value is -4.60. The average Bonchev–Trinajstić information content (AvgIpc) is 3.55. The summed E-state index contributed by atoms with van der Waals surface area (Å²) in [5.74, 6) is 0.131. The molecule has 8 nitrogen and oxygen atoms in total. The average molecular weight is 551 g/mol. The maximum atomic E-state index is 13.5. The highest BCUT2D eigenvalue weighted by Gasteiger charge is 2.35. The molecule has 0 atom stereocenters. The maximum absolute atomic E-state index is 13.5. The lowest BCUT2D eigenvalue weighted by Crippen LogP contribution is -2.37. The van der Waals surface area contributed by atoms with Crippen LogP contribution in [-0.4, -0.2) is 24.2 Å². The van der Waals surface area contributed by atoms with Gasteiger partial charge in [0, 0.05) is 24.2 Å². The third-order valence-electron chi connectivity index (χ3n) is 6.18. The third kappa shape index (κ3) is 5.09. The second-order valence-corrected chi connectivity index (χ2v) is 10.9. The smallest absolute Gasteiger partial charge is 0.309 e. The minimum atomic E-state index is -4.62. The maximum Gasteiger partial charge on any atom is 0.434 e. The van der Waals surface area contributed by atoms with Crippen molar-refractivity contribution in [3.8, 4) is 22.9 Å². The summed E-state index contributed by atoms with van der Waals surface area (Å²) in [6.07, 6.45) is -0.880. The highest BCUT2D eigenvalue weighted by Crippen LogP contribution is 2.37. The summed E-state index contributed by atoms with van der Waals surface area (Å²) in [6.45, 7) is 1.48. The van der Waals surface area contributed by atoms with Crippen molar-refractivity contribution in [1.82, 2.24) is 20.5 Å². The Balaban J connectivity index is 1.68. The molecule has 1 aliphatic rings. The van der Waals surface area contributed by atoms with Gasteiger partial charge in [0.2, 0.25) is 0 Å². The van der Waals surface area contributed by atoms with Crippen molar-refractivity contribution in [1.29, 1.82) is 5.26 Å². The number of hydrogen-bond acceptors (Lipinski definition) is 7. The molecule has 3 aromatic carbocycles. The van der Waals surface area contributed by atoms with Crippen LogP contribution in [0, 0.1) is 18.3 Å². The first kappa shape index (κ1) is 26.0. The standard InChI is InChI=1S/C27H21F3N6O2S/c1-17-33-26(27(28,29)30)16-35(17)23-11-10-21(20-4-3-5-22(12-20)39(2,37)38)13-24(23)36-25(15-32-34-36)19-8-6-18(14-31)7-9-19/h3-13,15-16,32,34H,1-2H3. The van der Waals surface area contributed by atoms with Gasteiger partial charge in [-0.1, -0.05) is 30.3 Å². The van der Waals surface area contributed by atoms with E-state index in [-0.39, 0.29) is 10.7 Å². The van der Waals surface area contributed by atoms with Crippen molar-refractivity contribution in [2.75, 3.05) is 11.3 Å². The van der Waals surface area contributed by atoms with Gasteiger partial charge >= 0.3 is 6.18 Å². The fraction of sp³-hybridized carbons (Fsp3) is 0.111. The molecule has 198 valence electrons. The van der Waals surface area contributed by atoms with Crippen LogP contribution in [0.3, 0.4) is 0 Å². The number of nitrogens with one attached hydrogen (secondary N) is 2. The van der Waals surface area contributed by atoms with Gasteiger partial charge in [0.15, 0.2) is 15.5 Å². The molecule has 0 amide bonds. The summed E-state index contributed by atoms with van der Waals surface area (Å²) in [4.78, 5) is 3.86. The molecule has 0 bridgehead atoms. The molecule has 0 saturated heterocycles. The first-order chi connectivity index (χ1) is 18.5. The number of aryl methyl sites for hydroxylation is 1. The summed E-state index contributed by atoms with van der Waals surface area (Å²) in [5, 5.41) is 10.8. The Morgan fingerprint density at radius 2 is 1.64 bits per heavy atom. The SMILES string of the molecule is Cc1nc(C(F)(F)F)cn1-c1ccc(-c2cccc(S(C)(=O)=O)c2)cc1N1NNC=C1c1ccc(C#N)cc1. The number of sulfone groups is 1. The van der Waals surface area contributed by atoms with E-state index in [1.54, 1.807) is 71.9 Å². The zero-order valence-electron chi connectivity index (χ0n) is 20.7. The number of nitrogens with zero attached hydrogens (tertiary/aromatic N) is 4. The fourth-order valence-electron chi connectivity index (χ4n) is 4.25. The van der Waals surface area contributed by atoms with Crippen LogP contribution in [0.5, 0.6) is 0 Å². The first-order valence-electron chi connectivity index (χ1n) is 11.6. The molecule has 2 heterocycles. The first-order valence-corrected chi connectivity index (χ1v) is 13.4. The van der Waals surface area contributed by atoms with Crippen LogP contribution >= 0.6 is 0 Å². The van der Waals surface area contributed by atoms with Gasteiger partial charge in [-0.15, -0.1) is 5.53 Å².